The first-order valence-corrected chi connectivity index (χ1v) is 7.55. The maximum Gasteiger partial charge on any atom is 0.135 e. The molecule has 5 heteroatoms. The van der Waals surface area contributed by atoms with Crippen molar-refractivity contribution in [2.24, 2.45) is 0 Å². The third kappa shape index (κ3) is 4.08. The predicted molar refractivity (Wildman–Crippen MR) is 89.1 cm³/mol. The van der Waals surface area contributed by atoms with Gasteiger partial charge in [0.05, 0.1) is 0 Å². The summed E-state index contributed by atoms with van der Waals surface area (Å²) in [6.45, 7) is 4.86. The zero-order valence-corrected chi connectivity index (χ0v) is 13.5. The van der Waals surface area contributed by atoms with Crippen LogP contribution in [-0.2, 0) is 13.0 Å². The van der Waals surface area contributed by atoms with Gasteiger partial charge in [-0.25, -0.2) is 9.97 Å². The standard InChI is InChI=1S/C16H21ClN4/c1-4-5-14-20-15(18-3)11(2)16(21-14)19-10-12-6-8-13(17)9-7-12/h6-9H,4-5,10H2,1-3H3,(H2,18,19,20,21). The third-order valence-corrected chi connectivity index (χ3v) is 3.53. The Hall–Kier alpha value is -1.81. The van der Waals surface area contributed by atoms with Crippen LogP contribution in [0.5, 0.6) is 0 Å². The van der Waals surface area contributed by atoms with Crippen molar-refractivity contribution in [2.75, 3.05) is 17.7 Å². The van der Waals surface area contributed by atoms with Gasteiger partial charge in [-0.2, -0.15) is 0 Å². The largest absolute Gasteiger partial charge is 0.373 e. The summed E-state index contributed by atoms with van der Waals surface area (Å²) in [5.41, 5.74) is 2.20. The molecular formula is C16H21ClN4. The molecule has 1 aromatic heterocycles. The van der Waals surface area contributed by atoms with E-state index in [1.165, 1.54) is 5.56 Å². The summed E-state index contributed by atoms with van der Waals surface area (Å²) in [6.07, 6.45) is 1.91. The van der Waals surface area contributed by atoms with Gasteiger partial charge < -0.3 is 10.6 Å². The normalized spacial score (nSPS) is 10.5. The molecular weight excluding hydrogens is 284 g/mol. The average molecular weight is 305 g/mol. The summed E-state index contributed by atoms with van der Waals surface area (Å²) in [7, 11) is 1.88. The number of nitrogens with one attached hydrogen (secondary N) is 2. The van der Waals surface area contributed by atoms with Crippen molar-refractivity contribution in [1.82, 2.24) is 9.97 Å². The number of aryl methyl sites for hydroxylation is 1. The molecule has 0 spiro atoms. The Kier molecular flexibility index (Phi) is 5.39. The maximum absolute atomic E-state index is 5.90. The van der Waals surface area contributed by atoms with Gasteiger partial charge in [0, 0.05) is 30.6 Å². The molecule has 0 unspecified atom stereocenters. The fraction of sp³-hybridized carbons (Fsp3) is 0.375. The Morgan fingerprint density at radius 3 is 2.38 bits per heavy atom. The molecule has 0 bridgehead atoms. The highest BCUT2D eigenvalue weighted by Crippen LogP contribution is 2.21. The van der Waals surface area contributed by atoms with Crippen LogP contribution in [0.15, 0.2) is 24.3 Å². The second-order valence-corrected chi connectivity index (χ2v) is 5.38. The molecule has 0 aliphatic carbocycles. The number of nitrogens with zero attached hydrogens (tertiary/aromatic N) is 2. The first-order valence-electron chi connectivity index (χ1n) is 7.17. The summed E-state index contributed by atoms with van der Waals surface area (Å²) in [4.78, 5) is 9.14. The van der Waals surface area contributed by atoms with Crippen LogP contribution in [0.25, 0.3) is 0 Å². The minimum atomic E-state index is 0.712. The highest BCUT2D eigenvalue weighted by molar-refractivity contribution is 6.30. The molecule has 2 rings (SSSR count). The molecule has 0 amide bonds. The van der Waals surface area contributed by atoms with Crippen molar-refractivity contribution in [1.29, 1.82) is 0 Å². The fourth-order valence-electron chi connectivity index (χ4n) is 2.10. The number of rotatable bonds is 6. The van der Waals surface area contributed by atoms with Gasteiger partial charge in [0.25, 0.3) is 0 Å². The van der Waals surface area contributed by atoms with E-state index < -0.39 is 0 Å². The summed E-state index contributed by atoms with van der Waals surface area (Å²) < 4.78 is 0. The van der Waals surface area contributed by atoms with Gasteiger partial charge in [-0.1, -0.05) is 30.7 Å². The molecule has 0 atom stereocenters. The molecule has 0 saturated carbocycles. The van der Waals surface area contributed by atoms with Crippen molar-refractivity contribution in [3.63, 3.8) is 0 Å². The molecule has 0 aliphatic rings. The van der Waals surface area contributed by atoms with Crippen LogP contribution in [0.4, 0.5) is 11.6 Å². The van der Waals surface area contributed by atoms with Crippen molar-refractivity contribution in [3.8, 4) is 0 Å². The molecule has 1 aromatic carbocycles. The summed E-state index contributed by atoms with van der Waals surface area (Å²) >= 11 is 5.90. The molecule has 1 heterocycles. The lowest BCUT2D eigenvalue weighted by atomic mass is 10.2. The number of benzene rings is 1. The van der Waals surface area contributed by atoms with Crippen LogP contribution in [0.3, 0.4) is 0 Å². The average Bonchev–Trinajstić information content (AvgIpc) is 2.49. The molecule has 0 aliphatic heterocycles. The van der Waals surface area contributed by atoms with Gasteiger partial charge in [-0.3, -0.25) is 0 Å². The van der Waals surface area contributed by atoms with Gasteiger partial charge in [0.15, 0.2) is 0 Å². The summed E-state index contributed by atoms with van der Waals surface area (Å²) in [5, 5.41) is 7.27. The second kappa shape index (κ2) is 7.27. The van der Waals surface area contributed by atoms with E-state index in [2.05, 4.69) is 27.5 Å². The molecule has 112 valence electrons. The van der Waals surface area contributed by atoms with Crippen molar-refractivity contribution in [2.45, 2.75) is 33.2 Å². The molecule has 21 heavy (non-hydrogen) atoms. The summed E-state index contributed by atoms with van der Waals surface area (Å²) in [5.74, 6) is 2.63. The van der Waals surface area contributed by atoms with Crippen molar-refractivity contribution in [3.05, 3.63) is 46.2 Å². The van der Waals surface area contributed by atoms with Gasteiger partial charge in [-0.15, -0.1) is 0 Å². The van der Waals surface area contributed by atoms with E-state index in [0.717, 1.165) is 40.9 Å². The molecule has 0 fully saturated rings. The maximum atomic E-state index is 5.90. The highest BCUT2D eigenvalue weighted by atomic mass is 35.5. The topological polar surface area (TPSA) is 49.8 Å². The van der Waals surface area contributed by atoms with E-state index in [-0.39, 0.29) is 0 Å². The predicted octanol–water partition coefficient (Wildman–Crippen LogP) is 4.04. The number of aromatic nitrogens is 2. The minimum absolute atomic E-state index is 0.712. The van der Waals surface area contributed by atoms with Gasteiger partial charge in [-0.05, 0) is 31.0 Å². The lowest BCUT2D eigenvalue weighted by Crippen LogP contribution is -2.09. The van der Waals surface area contributed by atoms with Crippen LogP contribution >= 0.6 is 11.6 Å². The van der Waals surface area contributed by atoms with Crippen LogP contribution in [0.2, 0.25) is 5.02 Å². The van der Waals surface area contributed by atoms with Crippen LogP contribution in [0.1, 0.15) is 30.3 Å². The Balaban J connectivity index is 2.17. The quantitative estimate of drug-likeness (QED) is 0.845. The lowest BCUT2D eigenvalue weighted by Gasteiger charge is -2.13. The van der Waals surface area contributed by atoms with Crippen molar-refractivity contribution < 1.29 is 0 Å². The van der Waals surface area contributed by atoms with Crippen LogP contribution in [-0.4, -0.2) is 17.0 Å². The Labute approximate surface area is 131 Å². The van der Waals surface area contributed by atoms with E-state index in [9.17, 15) is 0 Å². The van der Waals surface area contributed by atoms with Crippen molar-refractivity contribution >= 4 is 23.2 Å². The zero-order chi connectivity index (χ0) is 15.2. The minimum Gasteiger partial charge on any atom is -0.373 e. The smallest absolute Gasteiger partial charge is 0.135 e. The van der Waals surface area contributed by atoms with E-state index in [1.807, 2.05) is 38.2 Å². The Morgan fingerprint density at radius 1 is 1.10 bits per heavy atom. The zero-order valence-electron chi connectivity index (χ0n) is 12.7. The Bertz CT molecular complexity index is 596. The van der Waals surface area contributed by atoms with Crippen LogP contribution in [0, 0.1) is 6.92 Å². The lowest BCUT2D eigenvalue weighted by molar-refractivity contribution is 0.831. The monoisotopic (exact) mass is 304 g/mol. The molecule has 4 nitrogen and oxygen atoms in total. The van der Waals surface area contributed by atoms with Gasteiger partial charge in [0.2, 0.25) is 0 Å². The highest BCUT2D eigenvalue weighted by Gasteiger charge is 2.09. The van der Waals surface area contributed by atoms with Crippen LogP contribution < -0.4 is 10.6 Å². The SMILES string of the molecule is CCCc1nc(NC)c(C)c(NCc2ccc(Cl)cc2)n1. The number of hydrogen-bond acceptors (Lipinski definition) is 4. The fourth-order valence-corrected chi connectivity index (χ4v) is 2.23. The Morgan fingerprint density at radius 2 is 1.76 bits per heavy atom. The third-order valence-electron chi connectivity index (χ3n) is 3.28. The second-order valence-electron chi connectivity index (χ2n) is 4.94. The molecule has 2 N–H and O–H groups in total. The molecule has 0 radical (unpaired) electrons. The molecule has 0 saturated heterocycles. The van der Waals surface area contributed by atoms with E-state index in [4.69, 9.17) is 11.6 Å². The van der Waals surface area contributed by atoms with E-state index in [1.54, 1.807) is 0 Å². The summed E-state index contributed by atoms with van der Waals surface area (Å²) in [6, 6.07) is 7.81. The van der Waals surface area contributed by atoms with Gasteiger partial charge in [0.1, 0.15) is 17.5 Å². The van der Waals surface area contributed by atoms with Gasteiger partial charge >= 0.3 is 0 Å². The van der Waals surface area contributed by atoms with E-state index in [0.29, 0.717) is 6.54 Å². The first-order chi connectivity index (χ1) is 10.1. The number of halogens is 1. The molecule has 2 aromatic rings. The van der Waals surface area contributed by atoms with E-state index >= 15 is 0 Å². The first kappa shape index (κ1) is 15.6. The number of anilines is 2. The number of hydrogen-bond donors (Lipinski definition) is 2.